The van der Waals surface area contributed by atoms with Crippen LogP contribution in [0.25, 0.3) is 0 Å². The number of ether oxygens (including phenoxy) is 1. The van der Waals surface area contributed by atoms with Crippen LogP contribution in [0.2, 0.25) is 0 Å². The fourth-order valence-electron chi connectivity index (χ4n) is 2.89. The van der Waals surface area contributed by atoms with Gasteiger partial charge in [-0.05, 0) is 25.3 Å². The third-order valence-electron chi connectivity index (χ3n) is 4.30. The molecule has 22 heavy (non-hydrogen) atoms. The number of carbonyl (C=O) groups excluding carboxylic acids is 1. The van der Waals surface area contributed by atoms with E-state index in [0.29, 0.717) is 18.2 Å². The number of amides is 1. The summed E-state index contributed by atoms with van der Waals surface area (Å²) in [6.45, 7) is 0.618. The Hall–Kier alpha value is -2.15. The van der Waals surface area contributed by atoms with Crippen molar-refractivity contribution in [2.24, 2.45) is 7.05 Å². The van der Waals surface area contributed by atoms with Crippen molar-refractivity contribution in [3.8, 4) is 0 Å². The summed E-state index contributed by atoms with van der Waals surface area (Å²) in [5, 5.41) is 11.0. The molecule has 1 aliphatic heterocycles. The number of hydrogen-bond acceptors (Lipinski definition) is 5. The molecule has 4 rings (SSSR count). The molecule has 0 bridgehead atoms. The van der Waals surface area contributed by atoms with Crippen LogP contribution in [0.3, 0.4) is 0 Å². The predicted octanol–water partition coefficient (Wildman–Crippen LogP) is 1.55. The maximum Gasteiger partial charge on any atom is 0.273 e. The minimum absolute atomic E-state index is 0.0797. The first kappa shape index (κ1) is 13.5. The van der Waals surface area contributed by atoms with Crippen molar-refractivity contribution in [1.82, 2.24) is 20.3 Å². The summed E-state index contributed by atoms with van der Waals surface area (Å²) in [5.41, 5.74) is 1.30. The number of nitrogens with one attached hydrogen (secondary N) is 1. The van der Waals surface area contributed by atoms with Crippen molar-refractivity contribution < 1.29 is 14.1 Å². The molecule has 1 aliphatic carbocycles. The number of aromatic nitrogens is 3. The van der Waals surface area contributed by atoms with E-state index in [1.54, 1.807) is 16.9 Å². The maximum absolute atomic E-state index is 12.3. The molecule has 1 saturated heterocycles. The molecule has 2 aromatic rings. The van der Waals surface area contributed by atoms with Gasteiger partial charge in [0.15, 0.2) is 5.69 Å². The Labute approximate surface area is 127 Å². The van der Waals surface area contributed by atoms with Crippen molar-refractivity contribution >= 4 is 5.91 Å². The summed E-state index contributed by atoms with van der Waals surface area (Å²) in [5.74, 6) is 1.06. The van der Waals surface area contributed by atoms with Crippen molar-refractivity contribution in [2.45, 2.75) is 37.3 Å². The zero-order valence-corrected chi connectivity index (χ0v) is 12.4. The number of nitrogens with zero attached hydrogens (tertiary/aromatic N) is 3. The highest BCUT2D eigenvalue weighted by Crippen LogP contribution is 2.40. The van der Waals surface area contributed by atoms with Gasteiger partial charge < -0.3 is 14.6 Å². The van der Waals surface area contributed by atoms with Crippen LogP contribution in [0.1, 0.15) is 53.2 Å². The largest absolute Gasteiger partial charge is 0.370 e. The summed E-state index contributed by atoms with van der Waals surface area (Å²) >= 11 is 0. The van der Waals surface area contributed by atoms with Crippen molar-refractivity contribution in [3.05, 3.63) is 35.5 Å². The molecule has 1 N–H and O–H groups in total. The smallest absolute Gasteiger partial charge is 0.273 e. The van der Waals surface area contributed by atoms with Gasteiger partial charge >= 0.3 is 0 Å². The first-order chi connectivity index (χ1) is 10.7. The summed E-state index contributed by atoms with van der Waals surface area (Å²) in [4.78, 5) is 12.3. The van der Waals surface area contributed by atoms with Gasteiger partial charge in [-0.2, -0.15) is 5.10 Å². The number of aryl methyl sites for hydroxylation is 1. The highest BCUT2D eigenvalue weighted by Gasteiger charge is 2.34. The van der Waals surface area contributed by atoms with Crippen LogP contribution in [-0.4, -0.2) is 33.5 Å². The van der Waals surface area contributed by atoms with E-state index in [1.165, 1.54) is 0 Å². The van der Waals surface area contributed by atoms with Gasteiger partial charge in [-0.25, -0.2) is 0 Å². The topological polar surface area (TPSA) is 82.2 Å². The molecule has 7 nitrogen and oxygen atoms in total. The van der Waals surface area contributed by atoms with Gasteiger partial charge in [-0.1, -0.05) is 5.16 Å². The molecule has 3 heterocycles. The van der Waals surface area contributed by atoms with E-state index in [-0.39, 0.29) is 18.1 Å². The van der Waals surface area contributed by atoms with Gasteiger partial charge in [0.2, 0.25) is 0 Å². The minimum atomic E-state index is -0.210. The van der Waals surface area contributed by atoms with Crippen LogP contribution in [0.5, 0.6) is 0 Å². The SMILES string of the molecule is Cn1nccc1[C@H]1OCC[C@@H]1NC(=O)c1cc(C2CC2)on1. The van der Waals surface area contributed by atoms with Crippen molar-refractivity contribution in [2.75, 3.05) is 6.61 Å². The van der Waals surface area contributed by atoms with Crippen molar-refractivity contribution in [1.29, 1.82) is 0 Å². The third-order valence-corrected chi connectivity index (χ3v) is 4.30. The Bertz CT molecular complexity index is 689. The van der Waals surface area contributed by atoms with Gasteiger partial charge in [0.05, 0.1) is 11.7 Å². The van der Waals surface area contributed by atoms with Gasteiger partial charge in [0.25, 0.3) is 5.91 Å². The fraction of sp³-hybridized carbons (Fsp3) is 0.533. The molecule has 1 amide bonds. The molecule has 2 aliphatic rings. The van der Waals surface area contributed by atoms with E-state index in [2.05, 4.69) is 15.6 Å². The highest BCUT2D eigenvalue weighted by molar-refractivity contribution is 5.92. The molecule has 0 aromatic carbocycles. The number of hydrogen-bond donors (Lipinski definition) is 1. The van der Waals surface area contributed by atoms with Crippen molar-refractivity contribution in [3.63, 3.8) is 0 Å². The van der Waals surface area contributed by atoms with E-state index in [9.17, 15) is 4.79 Å². The zero-order chi connectivity index (χ0) is 15.1. The summed E-state index contributed by atoms with van der Waals surface area (Å²) in [7, 11) is 1.87. The van der Waals surface area contributed by atoms with E-state index in [0.717, 1.165) is 30.7 Å². The summed E-state index contributed by atoms with van der Waals surface area (Å²) in [6.07, 6.45) is 4.57. The Morgan fingerprint density at radius 3 is 3.00 bits per heavy atom. The summed E-state index contributed by atoms with van der Waals surface area (Å²) < 4.78 is 12.8. The molecule has 7 heteroatoms. The molecule has 116 valence electrons. The second kappa shape index (κ2) is 5.24. The van der Waals surface area contributed by atoms with Crippen LogP contribution >= 0.6 is 0 Å². The lowest BCUT2D eigenvalue weighted by Gasteiger charge is -2.19. The van der Waals surface area contributed by atoms with Gasteiger partial charge in [0, 0.05) is 31.8 Å². The normalized spacial score (nSPS) is 24.6. The van der Waals surface area contributed by atoms with Crippen LogP contribution in [-0.2, 0) is 11.8 Å². The molecule has 0 radical (unpaired) electrons. The second-order valence-electron chi connectivity index (χ2n) is 5.93. The maximum atomic E-state index is 12.3. The minimum Gasteiger partial charge on any atom is -0.370 e. The average molecular weight is 302 g/mol. The molecular weight excluding hydrogens is 284 g/mol. The molecule has 2 fully saturated rings. The first-order valence-corrected chi connectivity index (χ1v) is 7.59. The zero-order valence-electron chi connectivity index (χ0n) is 12.4. The van der Waals surface area contributed by atoms with Crippen LogP contribution in [0.15, 0.2) is 22.9 Å². The average Bonchev–Trinajstić information content (AvgIpc) is 2.91. The Morgan fingerprint density at radius 1 is 1.41 bits per heavy atom. The predicted molar refractivity (Wildman–Crippen MR) is 76.3 cm³/mol. The number of carbonyl (C=O) groups is 1. The Kier molecular flexibility index (Phi) is 3.22. The lowest BCUT2D eigenvalue weighted by molar-refractivity contribution is 0.0787. The van der Waals surface area contributed by atoms with E-state index in [4.69, 9.17) is 9.26 Å². The van der Waals surface area contributed by atoms with E-state index in [1.807, 2.05) is 13.1 Å². The van der Waals surface area contributed by atoms with Crippen LogP contribution in [0, 0.1) is 0 Å². The molecule has 1 saturated carbocycles. The van der Waals surface area contributed by atoms with Crippen LogP contribution < -0.4 is 5.32 Å². The molecular formula is C15H18N4O3. The molecule has 2 atom stereocenters. The Balaban J connectivity index is 1.47. The lowest BCUT2D eigenvalue weighted by Crippen LogP contribution is -2.37. The Morgan fingerprint density at radius 2 is 2.27 bits per heavy atom. The fourth-order valence-corrected chi connectivity index (χ4v) is 2.89. The van der Waals surface area contributed by atoms with Gasteiger partial charge in [0.1, 0.15) is 11.9 Å². The number of rotatable bonds is 4. The first-order valence-electron chi connectivity index (χ1n) is 7.59. The van der Waals surface area contributed by atoms with Gasteiger partial charge in [-0.15, -0.1) is 0 Å². The second-order valence-corrected chi connectivity index (χ2v) is 5.93. The molecule has 2 aromatic heterocycles. The van der Waals surface area contributed by atoms with E-state index < -0.39 is 0 Å². The van der Waals surface area contributed by atoms with E-state index >= 15 is 0 Å². The van der Waals surface area contributed by atoms with Crippen LogP contribution in [0.4, 0.5) is 0 Å². The quantitative estimate of drug-likeness (QED) is 0.926. The standard InChI is InChI=1S/C15H18N4O3/c1-19-12(4-6-16-19)14-10(5-7-21-14)17-15(20)11-8-13(22-18-11)9-2-3-9/h4,6,8-10,14H,2-3,5,7H2,1H3,(H,17,20)/t10-,14-/m0/s1. The summed E-state index contributed by atoms with van der Waals surface area (Å²) in [6, 6.07) is 3.59. The third kappa shape index (κ3) is 2.41. The van der Waals surface area contributed by atoms with Gasteiger partial charge in [-0.3, -0.25) is 9.48 Å². The lowest BCUT2D eigenvalue weighted by atomic mass is 10.1. The molecule has 0 spiro atoms. The highest BCUT2D eigenvalue weighted by atomic mass is 16.5. The molecule has 0 unspecified atom stereocenters. The monoisotopic (exact) mass is 302 g/mol.